The predicted molar refractivity (Wildman–Crippen MR) is 67.9 cm³/mol. The molecule has 3 nitrogen and oxygen atoms in total. The molecule has 0 saturated heterocycles. The lowest BCUT2D eigenvalue weighted by atomic mass is 10.0. The van der Waals surface area contributed by atoms with E-state index in [0.717, 1.165) is 12.8 Å². The molecular weight excluding hydrogens is 216 g/mol. The van der Waals surface area contributed by atoms with Gasteiger partial charge in [-0.15, -0.1) is 6.58 Å². The third-order valence-corrected chi connectivity index (χ3v) is 2.52. The fraction of sp³-hybridized carbons (Fsp3) is 0.357. The van der Waals surface area contributed by atoms with E-state index in [2.05, 4.69) is 6.58 Å². The number of hydrogen-bond acceptors (Lipinski definition) is 3. The normalized spacial score (nSPS) is 9.76. The van der Waals surface area contributed by atoms with Crippen LogP contribution in [0.1, 0.15) is 29.6 Å². The van der Waals surface area contributed by atoms with Gasteiger partial charge in [0.2, 0.25) is 0 Å². The summed E-state index contributed by atoms with van der Waals surface area (Å²) in [5.74, 6) is 1.33. The number of ketones is 1. The SMILES string of the molecule is C=CCCCC(=O)c1cc(OC)ccc1OC. The Balaban J connectivity index is 2.85. The Labute approximate surface area is 102 Å². The summed E-state index contributed by atoms with van der Waals surface area (Å²) >= 11 is 0. The van der Waals surface area contributed by atoms with Crippen molar-refractivity contribution in [3.8, 4) is 11.5 Å². The van der Waals surface area contributed by atoms with Crippen LogP contribution < -0.4 is 9.47 Å². The first kappa shape index (κ1) is 13.3. The maximum Gasteiger partial charge on any atom is 0.166 e. The standard InChI is InChI=1S/C14H18O3/c1-4-5-6-7-13(15)12-10-11(16-2)8-9-14(12)17-3/h4,8-10H,1,5-7H2,2-3H3. The Bertz CT molecular complexity index is 396. The maximum absolute atomic E-state index is 12.0. The quantitative estimate of drug-likeness (QED) is 0.413. The van der Waals surface area contributed by atoms with Gasteiger partial charge in [-0.25, -0.2) is 0 Å². The van der Waals surface area contributed by atoms with Crippen LogP contribution in [-0.4, -0.2) is 20.0 Å². The van der Waals surface area contributed by atoms with E-state index in [1.807, 2.05) is 6.08 Å². The third-order valence-electron chi connectivity index (χ3n) is 2.52. The number of ether oxygens (including phenoxy) is 2. The van der Waals surface area contributed by atoms with Crippen molar-refractivity contribution in [1.82, 2.24) is 0 Å². The molecule has 1 aromatic rings. The first-order valence-corrected chi connectivity index (χ1v) is 5.59. The Hall–Kier alpha value is -1.77. The molecule has 3 heteroatoms. The number of Topliss-reactive ketones (excluding diaryl/α,β-unsaturated/α-hetero) is 1. The molecule has 0 fully saturated rings. The molecule has 0 aliphatic heterocycles. The average Bonchev–Trinajstić information content (AvgIpc) is 2.38. The summed E-state index contributed by atoms with van der Waals surface area (Å²) in [6.07, 6.45) is 3.96. The van der Waals surface area contributed by atoms with Gasteiger partial charge in [0.05, 0.1) is 19.8 Å². The highest BCUT2D eigenvalue weighted by Crippen LogP contribution is 2.25. The summed E-state index contributed by atoms with van der Waals surface area (Å²) in [7, 11) is 3.14. The first-order chi connectivity index (χ1) is 8.22. The lowest BCUT2D eigenvalue weighted by Gasteiger charge is -2.09. The van der Waals surface area contributed by atoms with Gasteiger partial charge in [-0.2, -0.15) is 0 Å². The molecule has 0 spiro atoms. The number of rotatable bonds is 7. The molecule has 17 heavy (non-hydrogen) atoms. The molecular formula is C14H18O3. The van der Waals surface area contributed by atoms with Gasteiger partial charge in [0.25, 0.3) is 0 Å². The number of hydrogen-bond donors (Lipinski definition) is 0. The fourth-order valence-corrected chi connectivity index (χ4v) is 1.57. The molecule has 0 bridgehead atoms. The van der Waals surface area contributed by atoms with Crippen molar-refractivity contribution in [1.29, 1.82) is 0 Å². The Morgan fingerprint density at radius 2 is 2.12 bits per heavy atom. The smallest absolute Gasteiger partial charge is 0.166 e. The van der Waals surface area contributed by atoms with Crippen molar-refractivity contribution in [2.45, 2.75) is 19.3 Å². The highest BCUT2D eigenvalue weighted by molar-refractivity contribution is 5.99. The van der Waals surface area contributed by atoms with Gasteiger partial charge < -0.3 is 9.47 Å². The molecule has 1 rings (SSSR count). The van der Waals surface area contributed by atoms with Crippen LogP contribution in [0, 0.1) is 0 Å². The van der Waals surface area contributed by atoms with Crippen LogP contribution in [0.15, 0.2) is 30.9 Å². The first-order valence-electron chi connectivity index (χ1n) is 5.59. The third kappa shape index (κ3) is 3.63. The van der Waals surface area contributed by atoms with Crippen molar-refractivity contribution >= 4 is 5.78 Å². The molecule has 0 atom stereocenters. The van der Waals surface area contributed by atoms with Gasteiger partial charge >= 0.3 is 0 Å². The summed E-state index contributed by atoms with van der Waals surface area (Å²) in [6.45, 7) is 3.64. The van der Waals surface area contributed by atoms with E-state index in [1.54, 1.807) is 32.4 Å². The summed E-state index contributed by atoms with van der Waals surface area (Å²) in [5.41, 5.74) is 0.580. The van der Waals surface area contributed by atoms with Gasteiger partial charge in [-0.1, -0.05) is 6.08 Å². The Kier molecular flexibility index (Phi) is 5.27. The predicted octanol–water partition coefficient (Wildman–Crippen LogP) is 3.24. The highest BCUT2D eigenvalue weighted by atomic mass is 16.5. The zero-order valence-electron chi connectivity index (χ0n) is 10.4. The van der Waals surface area contributed by atoms with Crippen molar-refractivity contribution in [2.75, 3.05) is 14.2 Å². The molecule has 0 aliphatic rings. The van der Waals surface area contributed by atoms with Crippen molar-refractivity contribution < 1.29 is 14.3 Å². The number of unbranched alkanes of at least 4 members (excludes halogenated alkanes) is 1. The van der Waals surface area contributed by atoms with Gasteiger partial charge in [-0.05, 0) is 31.0 Å². The van der Waals surface area contributed by atoms with Crippen molar-refractivity contribution in [3.63, 3.8) is 0 Å². The largest absolute Gasteiger partial charge is 0.497 e. The second-order valence-corrected chi connectivity index (χ2v) is 3.67. The van der Waals surface area contributed by atoms with E-state index in [-0.39, 0.29) is 5.78 Å². The van der Waals surface area contributed by atoms with Gasteiger partial charge in [0.15, 0.2) is 5.78 Å². The van der Waals surface area contributed by atoms with Crippen LogP contribution in [0.3, 0.4) is 0 Å². The van der Waals surface area contributed by atoms with E-state index in [0.29, 0.717) is 23.5 Å². The molecule has 0 heterocycles. The van der Waals surface area contributed by atoms with Crippen molar-refractivity contribution in [2.24, 2.45) is 0 Å². The number of benzene rings is 1. The highest BCUT2D eigenvalue weighted by Gasteiger charge is 2.12. The monoisotopic (exact) mass is 234 g/mol. The summed E-state index contributed by atoms with van der Waals surface area (Å²) in [6, 6.07) is 5.24. The average molecular weight is 234 g/mol. The summed E-state index contributed by atoms with van der Waals surface area (Å²) in [5, 5.41) is 0. The molecule has 0 aliphatic carbocycles. The molecule has 0 aromatic heterocycles. The minimum absolute atomic E-state index is 0.0719. The van der Waals surface area contributed by atoms with E-state index in [9.17, 15) is 4.79 Å². The summed E-state index contributed by atoms with van der Waals surface area (Å²) < 4.78 is 10.3. The lowest BCUT2D eigenvalue weighted by molar-refractivity contribution is 0.0977. The fourth-order valence-electron chi connectivity index (χ4n) is 1.57. The van der Waals surface area contributed by atoms with Crippen LogP contribution >= 0.6 is 0 Å². The van der Waals surface area contributed by atoms with Crippen LogP contribution in [0.25, 0.3) is 0 Å². The molecule has 0 saturated carbocycles. The topological polar surface area (TPSA) is 35.5 Å². The molecule has 0 amide bonds. The van der Waals surface area contributed by atoms with Gasteiger partial charge in [-0.3, -0.25) is 4.79 Å². The second kappa shape index (κ2) is 6.74. The van der Waals surface area contributed by atoms with Crippen LogP contribution in [-0.2, 0) is 0 Å². The zero-order chi connectivity index (χ0) is 12.7. The van der Waals surface area contributed by atoms with Crippen LogP contribution in [0.5, 0.6) is 11.5 Å². The number of carbonyl (C=O) groups is 1. The molecule has 1 aromatic carbocycles. The Morgan fingerprint density at radius 3 is 2.71 bits per heavy atom. The van der Waals surface area contributed by atoms with E-state index >= 15 is 0 Å². The Morgan fingerprint density at radius 1 is 1.35 bits per heavy atom. The van der Waals surface area contributed by atoms with Crippen LogP contribution in [0.4, 0.5) is 0 Å². The number of methoxy groups -OCH3 is 2. The van der Waals surface area contributed by atoms with Crippen molar-refractivity contribution in [3.05, 3.63) is 36.4 Å². The van der Waals surface area contributed by atoms with E-state index in [4.69, 9.17) is 9.47 Å². The lowest BCUT2D eigenvalue weighted by Crippen LogP contribution is -2.02. The molecule has 0 unspecified atom stereocenters. The maximum atomic E-state index is 12.0. The molecule has 0 N–H and O–H groups in total. The second-order valence-electron chi connectivity index (χ2n) is 3.67. The number of allylic oxidation sites excluding steroid dienone is 1. The van der Waals surface area contributed by atoms with Gasteiger partial charge in [0, 0.05) is 6.42 Å². The summed E-state index contributed by atoms with van der Waals surface area (Å²) in [4.78, 5) is 12.0. The minimum Gasteiger partial charge on any atom is -0.497 e. The van der Waals surface area contributed by atoms with E-state index in [1.165, 1.54) is 0 Å². The van der Waals surface area contributed by atoms with E-state index < -0.39 is 0 Å². The van der Waals surface area contributed by atoms with Crippen LogP contribution in [0.2, 0.25) is 0 Å². The number of carbonyl (C=O) groups excluding carboxylic acids is 1. The zero-order valence-corrected chi connectivity index (χ0v) is 10.4. The molecule has 0 radical (unpaired) electrons. The molecule has 92 valence electrons. The van der Waals surface area contributed by atoms with Gasteiger partial charge in [0.1, 0.15) is 11.5 Å². The minimum atomic E-state index is 0.0719.